The zero-order chi connectivity index (χ0) is 25.1. The van der Waals surface area contributed by atoms with Gasteiger partial charge in [0, 0.05) is 24.1 Å². The molecule has 4 unspecified atom stereocenters. The number of hydrogen-bond acceptors (Lipinski definition) is 7. The predicted octanol–water partition coefficient (Wildman–Crippen LogP) is -0.159. The molecule has 0 spiro atoms. The first-order valence-electron chi connectivity index (χ1n) is 10.9. The third-order valence-electron chi connectivity index (χ3n) is 4.81. The Bertz CT molecular complexity index is 786. The quantitative estimate of drug-likeness (QED) is 0.179. The van der Waals surface area contributed by atoms with Crippen molar-refractivity contribution in [2.24, 2.45) is 17.6 Å². The zero-order valence-electron chi connectivity index (χ0n) is 19.5. The number of rotatable bonds is 14. The van der Waals surface area contributed by atoms with Crippen LogP contribution < -0.4 is 21.7 Å². The number of carbonyl (C=O) groups is 4. The van der Waals surface area contributed by atoms with Gasteiger partial charge >= 0.3 is 5.97 Å². The van der Waals surface area contributed by atoms with Crippen molar-refractivity contribution in [1.82, 2.24) is 25.9 Å². The molecule has 0 radical (unpaired) electrons. The Labute approximate surface area is 199 Å². The average Bonchev–Trinajstić information content (AvgIpc) is 3.22. The van der Waals surface area contributed by atoms with Gasteiger partial charge in [-0.3, -0.25) is 14.4 Å². The zero-order valence-corrected chi connectivity index (χ0v) is 20.4. The minimum atomic E-state index is -1.16. The van der Waals surface area contributed by atoms with E-state index in [9.17, 15) is 24.3 Å². The van der Waals surface area contributed by atoms with Crippen molar-refractivity contribution in [3.63, 3.8) is 0 Å². The van der Waals surface area contributed by atoms with Crippen LogP contribution in [0.25, 0.3) is 0 Å². The van der Waals surface area contributed by atoms with Crippen molar-refractivity contribution in [3.05, 3.63) is 18.2 Å². The number of amides is 3. The molecular weight excluding hydrogens is 448 g/mol. The first kappa shape index (κ1) is 28.4. The third kappa shape index (κ3) is 10.3. The van der Waals surface area contributed by atoms with Crippen molar-refractivity contribution in [1.29, 1.82) is 0 Å². The molecule has 1 aromatic heterocycles. The van der Waals surface area contributed by atoms with Crippen LogP contribution in [-0.4, -0.2) is 68.7 Å². The Morgan fingerprint density at radius 1 is 0.970 bits per heavy atom. The SMILES string of the molecule is CC(C)CC(N)C(=O)NC(Cc1cnc[nH]1)C(=O)NC(CS)C(=O)NC(CC(C)C)C(=O)O. The number of aliphatic carboxylic acids is 1. The fraction of sp³-hybridized carbons (Fsp3) is 0.667. The largest absolute Gasteiger partial charge is 0.480 e. The van der Waals surface area contributed by atoms with E-state index in [2.05, 4.69) is 38.5 Å². The van der Waals surface area contributed by atoms with Crippen molar-refractivity contribution >= 4 is 36.3 Å². The monoisotopic (exact) mass is 484 g/mol. The van der Waals surface area contributed by atoms with Crippen LogP contribution in [0.3, 0.4) is 0 Å². The molecule has 7 N–H and O–H groups in total. The molecule has 0 bridgehead atoms. The smallest absolute Gasteiger partial charge is 0.326 e. The molecule has 12 heteroatoms. The fourth-order valence-corrected chi connectivity index (χ4v) is 3.41. The lowest BCUT2D eigenvalue weighted by Crippen LogP contribution is -2.58. The van der Waals surface area contributed by atoms with E-state index >= 15 is 0 Å². The normalized spacial score (nSPS) is 14.9. The van der Waals surface area contributed by atoms with Crippen molar-refractivity contribution in [2.75, 3.05) is 5.75 Å². The summed E-state index contributed by atoms with van der Waals surface area (Å²) < 4.78 is 0. The Kier molecular flexibility index (Phi) is 11.9. The average molecular weight is 485 g/mol. The Morgan fingerprint density at radius 3 is 2.00 bits per heavy atom. The molecule has 1 heterocycles. The number of carbonyl (C=O) groups excluding carboxylic acids is 3. The summed E-state index contributed by atoms with van der Waals surface area (Å²) in [6, 6.07) is -4.01. The molecule has 0 aromatic carbocycles. The molecule has 0 aliphatic rings. The van der Waals surface area contributed by atoms with E-state index in [1.165, 1.54) is 12.5 Å². The summed E-state index contributed by atoms with van der Waals surface area (Å²) in [6.07, 6.45) is 3.74. The van der Waals surface area contributed by atoms with Gasteiger partial charge in [0.2, 0.25) is 17.7 Å². The van der Waals surface area contributed by atoms with E-state index in [1.54, 1.807) is 0 Å². The first-order valence-corrected chi connectivity index (χ1v) is 11.5. The first-order chi connectivity index (χ1) is 15.4. The standard InChI is InChI=1S/C21H36N6O5S/c1-11(2)5-14(22)18(28)25-15(7-13-8-23-10-24-13)19(29)27-17(9-33)20(30)26-16(21(31)32)6-12(3)4/h8,10-12,14-17,33H,5-7,9,22H2,1-4H3,(H,23,24)(H,25,28)(H,26,30)(H,27,29)(H,31,32). The van der Waals surface area contributed by atoms with Crippen LogP contribution in [0.1, 0.15) is 46.2 Å². The van der Waals surface area contributed by atoms with Crippen molar-refractivity contribution in [3.8, 4) is 0 Å². The van der Waals surface area contributed by atoms with Crippen LogP contribution in [0.4, 0.5) is 0 Å². The molecular formula is C21H36N6O5S. The minimum Gasteiger partial charge on any atom is -0.480 e. The van der Waals surface area contributed by atoms with E-state index in [4.69, 9.17) is 5.73 Å². The molecule has 1 aromatic rings. The van der Waals surface area contributed by atoms with E-state index < -0.39 is 47.9 Å². The highest BCUT2D eigenvalue weighted by Gasteiger charge is 2.30. The van der Waals surface area contributed by atoms with Crippen molar-refractivity contribution in [2.45, 2.75) is 71.1 Å². The van der Waals surface area contributed by atoms with Gasteiger partial charge in [0.1, 0.15) is 18.1 Å². The summed E-state index contributed by atoms with van der Waals surface area (Å²) in [5, 5.41) is 17.0. The van der Waals surface area contributed by atoms with Crippen molar-refractivity contribution < 1.29 is 24.3 Å². The molecule has 0 aliphatic carbocycles. The molecule has 186 valence electrons. The summed E-state index contributed by atoms with van der Waals surface area (Å²) in [6.45, 7) is 7.54. The molecule has 4 atom stereocenters. The summed E-state index contributed by atoms with van der Waals surface area (Å²) in [5.41, 5.74) is 6.54. The van der Waals surface area contributed by atoms with Gasteiger partial charge in [0.05, 0.1) is 12.4 Å². The molecule has 1 rings (SSSR count). The van der Waals surface area contributed by atoms with Gasteiger partial charge < -0.3 is 31.8 Å². The highest BCUT2D eigenvalue weighted by molar-refractivity contribution is 7.80. The van der Waals surface area contributed by atoms with E-state index in [-0.39, 0.29) is 30.4 Å². The second-order valence-electron chi connectivity index (χ2n) is 8.85. The number of nitrogens with zero attached hydrogens (tertiary/aromatic N) is 1. The Morgan fingerprint density at radius 2 is 1.52 bits per heavy atom. The van der Waals surface area contributed by atoms with Gasteiger partial charge in [0.15, 0.2) is 0 Å². The van der Waals surface area contributed by atoms with Crippen LogP contribution in [0.15, 0.2) is 12.5 Å². The maximum atomic E-state index is 13.0. The second-order valence-corrected chi connectivity index (χ2v) is 9.22. The number of carboxylic acids is 1. The number of hydrogen-bond donors (Lipinski definition) is 7. The number of imidazole rings is 1. The number of carboxylic acid groups (broad SMARTS) is 1. The molecule has 0 saturated carbocycles. The van der Waals surface area contributed by atoms with E-state index in [0.717, 1.165) is 0 Å². The number of aromatic amines is 1. The van der Waals surface area contributed by atoms with Gasteiger partial charge in [-0.05, 0) is 24.7 Å². The highest BCUT2D eigenvalue weighted by Crippen LogP contribution is 2.07. The Hall–Kier alpha value is -2.60. The summed E-state index contributed by atoms with van der Waals surface area (Å²) >= 11 is 4.12. The molecule has 3 amide bonds. The van der Waals surface area contributed by atoms with Crippen LogP contribution >= 0.6 is 12.6 Å². The molecule has 0 saturated heterocycles. The molecule has 11 nitrogen and oxygen atoms in total. The molecule has 33 heavy (non-hydrogen) atoms. The third-order valence-corrected chi connectivity index (χ3v) is 5.18. The molecule has 0 fully saturated rings. The summed E-state index contributed by atoms with van der Waals surface area (Å²) in [4.78, 5) is 56.4. The lowest BCUT2D eigenvalue weighted by Gasteiger charge is -2.25. The van der Waals surface area contributed by atoms with Gasteiger partial charge in [-0.1, -0.05) is 27.7 Å². The van der Waals surface area contributed by atoms with Crippen LogP contribution in [0.2, 0.25) is 0 Å². The van der Waals surface area contributed by atoms with Gasteiger partial charge in [-0.15, -0.1) is 0 Å². The van der Waals surface area contributed by atoms with Crippen LogP contribution in [0.5, 0.6) is 0 Å². The number of nitrogens with two attached hydrogens (primary N) is 1. The lowest BCUT2D eigenvalue weighted by atomic mass is 10.0. The van der Waals surface area contributed by atoms with Crippen LogP contribution in [-0.2, 0) is 25.6 Å². The minimum absolute atomic E-state index is 0.0412. The lowest BCUT2D eigenvalue weighted by molar-refractivity contribution is -0.142. The predicted molar refractivity (Wildman–Crippen MR) is 126 cm³/mol. The summed E-state index contributed by atoms with van der Waals surface area (Å²) in [7, 11) is 0. The number of H-pyrrole nitrogens is 1. The summed E-state index contributed by atoms with van der Waals surface area (Å²) in [5.74, 6) is -2.78. The van der Waals surface area contributed by atoms with Gasteiger partial charge in [-0.25, -0.2) is 9.78 Å². The number of thiol groups is 1. The van der Waals surface area contributed by atoms with Gasteiger partial charge in [0.25, 0.3) is 0 Å². The molecule has 0 aliphatic heterocycles. The topological polar surface area (TPSA) is 179 Å². The number of aromatic nitrogens is 2. The number of nitrogens with one attached hydrogen (secondary N) is 4. The second kappa shape index (κ2) is 13.8. The maximum Gasteiger partial charge on any atom is 0.326 e. The highest BCUT2D eigenvalue weighted by atomic mass is 32.1. The van der Waals surface area contributed by atoms with Gasteiger partial charge in [-0.2, -0.15) is 12.6 Å². The fourth-order valence-electron chi connectivity index (χ4n) is 3.15. The van der Waals surface area contributed by atoms with E-state index in [1.807, 2.05) is 27.7 Å². The maximum absolute atomic E-state index is 13.0. The Balaban J connectivity index is 2.92. The van der Waals surface area contributed by atoms with Crippen LogP contribution in [0, 0.1) is 11.8 Å². The van der Waals surface area contributed by atoms with E-state index in [0.29, 0.717) is 12.1 Å².